The van der Waals surface area contributed by atoms with Crippen LogP contribution in [0.5, 0.6) is 0 Å². The first kappa shape index (κ1) is 11.0. The minimum Gasteiger partial charge on any atom is -0.465 e. The maximum absolute atomic E-state index is 11.2. The number of esters is 1. The first-order valence-corrected chi connectivity index (χ1v) is 5.25. The molecule has 0 unspecified atom stereocenters. The number of methoxy groups -OCH3 is 1. The predicted molar refractivity (Wildman–Crippen MR) is 58.2 cm³/mol. The molecule has 0 N–H and O–H groups in total. The molecule has 0 aliphatic heterocycles. The van der Waals surface area contributed by atoms with E-state index in [1.165, 1.54) is 7.11 Å². The maximum Gasteiger partial charge on any atom is 0.339 e. The molecule has 0 aliphatic carbocycles. The number of benzene rings is 1. The van der Waals surface area contributed by atoms with Gasteiger partial charge in [-0.1, -0.05) is 11.6 Å². The van der Waals surface area contributed by atoms with Crippen molar-refractivity contribution in [3.8, 4) is 0 Å². The van der Waals surface area contributed by atoms with Gasteiger partial charge in [0.15, 0.2) is 0 Å². The minimum atomic E-state index is -0.421. The van der Waals surface area contributed by atoms with E-state index in [0.29, 0.717) is 15.1 Å². The highest BCUT2D eigenvalue weighted by atomic mass is 79.9. The molecule has 0 heterocycles. The van der Waals surface area contributed by atoms with Gasteiger partial charge in [-0.05, 0) is 44.0 Å². The van der Waals surface area contributed by atoms with E-state index in [1.54, 1.807) is 12.1 Å². The molecule has 0 radical (unpaired) electrons. The molecule has 0 fully saturated rings. The van der Waals surface area contributed by atoms with Crippen molar-refractivity contribution in [2.45, 2.75) is 0 Å². The molecular weight excluding hydrogens is 323 g/mol. The number of hydrogen-bond acceptors (Lipinski definition) is 2. The van der Waals surface area contributed by atoms with Crippen LogP contribution < -0.4 is 0 Å². The third-order valence-electron chi connectivity index (χ3n) is 1.40. The number of carbonyl (C=O) groups is 1. The van der Waals surface area contributed by atoms with E-state index in [4.69, 9.17) is 11.6 Å². The lowest BCUT2D eigenvalue weighted by atomic mass is 10.2. The van der Waals surface area contributed by atoms with Gasteiger partial charge in [-0.3, -0.25) is 0 Å². The van der Waals surface area contributed by atoms with Gasteiger partial charge in [-0.15, -0.1) is 0 Å². The third-order valence-corrected chi connectivity index (χ3v) is 3.63. The molecule has 2 nitrogen and oxygen atoms in total. The molecule has 5 heteroatoms. The predicted octanol–water partition coefficient (Wildman–Crippen LogP) is 3.65. The van der Waals surface area contributed by atoms with Crippen molar-refractivity contribution in [3.63, 3.8) is 0 Å². The van der Waals surface area contributed by atoms with Crippen LogP contribution in [0.2, 0.25) is 5.02 Å². The lowest BCUT2D eigenvalue weighted by Gasteiger charge is -2.04. The second-order valence-electron chi connectivity index (χ2n) is 2.24. The summed E-state index contributed by atoms with van der Waals surface area (Å²) in [6.45, 7) is 0. The van der Waals surface area contributed by atoms with Crippen LogP contribution in [0.25, 0.3) is 0 Å². The normalized spacial score (nSPS) is 9.85. The summed E-state index contributed by atoms with van der Waals surface area (Å²) in [4.78, 5) is 11.2. The number of carbonyl (C=O) groups excluding carboxylic acids is 1. The van der Waals surface area contributed by atoms with Crippen molar-refractivity contribution in [1.82, 2.24) is 0 Å². The lowest BCUT2D eigenvalue weighted by Crippen LogP contribution is -2.02. The van der Waals surface area contributed by atoms with Crippen LogP contribution in [0, 0.1) is 0 Å². The van der Waals surface area contributed by atoms with Gasteiger partial charge in [0, 0.05) is 14.0 Å². The third kappa shape index (κ3) is 2.45. The molecule has 1 aromatic rings. The number of hydrogen-bond donors (Lipinski definition) is 0. The molecule has 0 saturated heterocycles. The fraction of sp³-hybridized carbons (Fsp3) is 0.125. The zero-order valence-electron chi connectivity index (χ0n) is 6.61. The van der Waals surface area contributed by atoms with E-state index in [2.05, 4.69) is 36.6 Å². The minimum absolute atomic E-state index is 0.405. The SMILES string of the molecule is COC(=O)c1cc(Cl)cc(Br)c1Br. The summed E-state index contributed by atoms with van der Waals surface area (Å²) in [5, 5.41) is 0.482. The van der Waals surface area contributed by atoms with Gasteiger partial charge in [0.2, 0.25) is 0 Å². The Morgan fingerprint density at radius 1 is 1.46 bits per heavy atom. The van der Waals surface area contributed by atoms with Gasteiger partial charge in [0.05, 0.1) is 12.7 Å². The van der Waals surface area contributed by atoms with Crippen LogP contribution in [0.1, 0.15) is 10.4 Å². The summed E-state index contributed by atoms with van der Waals surface area (Å²) >= 11 is 12.3. The van der Waals surface area contributed by atoms with Gasteiger partial charge in [0.25, 0.3) is 0 Å². The number of halogens is 3. The molecular formula is C8H5Br2ClO2. The lowest BCUT2D eigenvalue weighted by molar-refractivity contribution is 0.0599. The summed E-state index contributed by atoms with van der Waals surface area (Å²) in [5.74, 6) is -0.421. The van der Waals surface area contributed by atoms with Gasteiger partial charge in [-0.2, -0.15) is 0 Å². The van der Waals surface area contributed by atoms with E-state index >= 15 is 0 Å². The van der Waals surface area contributed by atoms with Gasteiger partial charge >= 0.3 is 5.97 Å². The van der Waals surface area contributed by atoms with Crippen molar-refractivity contribution in [3.05, 3.63) is 31.7 Å². The van der Waals surface area contributed by atoms with Crippen LogP contribution in [0.15, 0.2) is 21.1 Å². The molecule has 1 rings (SSSR count). The molecule has 13 heavy (non-hydrogen) atoms. The second kappa shape index (κ2) is 4.44. The zero-order chi connectivity index (χ0) is 10.0. The molecule has 0 amide bonds. The molecule has 0 saturated carbocycles. The standard InChI is InChI=1S/C8H5Br2ClO2/c1-13-8(12)5-2-4(11)3-6(9)7(5)10/h2-3H,1H3. The van der Waals surface area contributed by atoms with Gasteiger partial charge in [0.1, 0.15) is 0 Å². The quantitative estimate of drug-likeness (QED) is 0.581. The Bertz CT molecular complexity index is 352. The van der Waals surface area contributed by atoms with E-state index in [1.807, 2.05) is 0 Å². The highest BCUT2D eigenvalue weighted by Crippen LogP contribution is 2.30. The monoisotopic (exact) mass is 326 g/mol. The van der Waals surface area contributed by atoms with Crippen LogP contribution in [0.4, 0.5) is 0 Å². The Kier molecular flexibility index (Phi) is 3.76. The van der Waals surface area contributed by atoms with Crippen molar-refractivity contribution < 1.29 is 9.53 Å². The summed E-state index contributed by atoms with van der Waals surface area (Å²) < 4.78 is 5.94. The summed E-state index contributed by atoms with van der Waals surface area (Å²) in [5.41, 5.74) is 0.405. The van der Waals surface area contributed by atoms with E-state index < -0.39 is 5.97 Å². The molecule has 0 aromatic heterocycles. The van der Waals surface area contributed by atoms with Crippen LogP contribution >= 0.6 is 43.5 Å². The van der Waals surface area contributed by atoms with Crippen molar-refractivity contribution in [2.24, 2.45) is 0 Å². The van der Waals surface area contributed by atoms with E-state index in [-0.39, 0.29) is 0 Å². The van der Waals surface area contributed by atoms with Crippen LogP contribution in [0.3, 0.4) is 0 Å². The average molecular weight is 328 g/mol. The van der Waals surface area contributed by atoms with E-state index in [0.717, 1.165) is 4.47 Å². The molecule has 0 spiro atoms. The Hall–Kier alpha value is -0.0600. The summed E-state index contributed by atoms with van der Waals surface area (Å²) in [7, 11) is 1.32. The van der Waals surface area contributed by atoms with E-state index in [9.17, 15) is 4.79 Å². The molecule has 1 aromatic carbocycles. The fourth-order valence-corrected chi connectivity index (χ4v) is 2.02. The zero-order valence-corrected chi connectivity index (χ0v) is 10.5. The maximum atomic E-state index is 11.2. The second-order valence-corrected chi connectivity index (χ2v) is 4.32. The smallest absolute Gasteiger partial charge is 0.339 e. The molecule has 0 atom stereocenters. The van der Waals surface area contributed by atoms with Crippen molar-refractivity contribution in [2.75, 3.05) is 7.11 Å². The highest BCUT2D eigenvalue weighted by molar-refractivity contribution is 9.13. The Morgan fingerprint density at radius 3 is 2.62 bits per heavy atom. The largest absolute Gasteiger partial charge is 0.465 e. The fourth-order valence-electron chi connectivity index (χ4n) is 0.814. The highest BCUT2D eigenvalue weighted by Gasteiger charge is 2.13. The topological polar surface area (TPSA) is 26.3 Å². The average Bonchev–Trinajstić information content (AvgIpc) is 2.10. The van der Waals surface area contributed by atoms with Gasteiger partial charge in [-0.25, -0.2) is 4.79 Å². The first-order chi connectivity index (χ1) is 6.06. The van der Waals surface area contributed by atoms with Crippen LogP contribution in [-0.2, 0) is 4.74 Å². The summed E-state index contributed by atoms with van der Waals surface area (Å²) in [6, 6.07) is 3.24. The Balaban J connectivity index is 3.28. The Morgan fingerprint density at radius 2 is 2.08 bits per heavy atom. The first-order valence-electron chi connectivity index (χ1n) is 3.29. The van der Waals surface area contributed by atoms with Crippen molar-refractivity contribution in [1.29, 1.82) is 0 Å². The van der Waals surface area contributed by atoms with Crippen molar-refractivity contribution >= 4 is 49.4 Å². The number of rotatable bonds is 1. The molecule has 0 aliphatic rings. The summed E-state index contributed by atoms with van der Waals surface area (Å²) in [6.07, 6.45) is 0. The Labute approximate surface area is 97.5 Å². The van der Waals surface area contributed by atoms with Crippen LogP contribution in [-0.4, -0.2) is 13.1 Å². The molecule has 70 valence electrons. The number of ether oxygens (including phenoxy) is 1. The van der Waals surface area contributed by atoms with Gasteiger partial charge < -0.3 is 4.74 Å². The molecule has 0 bridgehead atoms.